The first-order chi connectivity index (χ1) is 23.5. The number of benzene rings is 3. The number of amides is 1. The van der Waals surface area contributed by atoms with Crippen LogP contribution in [-0.2, 0) is 14.3 Å². The summed E-state index contributed by atoms with van der Waals surface area (Å²) in [7, 11) is 3.72. The van der Waals surface area contributed by atoms with E-state index in [-0.39, 0.29) is 11.3 Å². The number of methoxy groups -OCH3 is 1. The molecular weight excluding hydrogens is 646 g/mol. The van der Waals surface area contributed by atoms with Crippen molar-refractivity contribution in [2.45, 2.75) is 12.3 Å². The van der Waals surface area contributed by atoms with Crippen LogP contribution in [0.25, 0.3) is 16.8 Å². The number of carbonyl (C=O) groups excluding carboxylic acids is 2. The van der Waals surface area contributed by atoms with Crippen LogP contribution in [0.5, 0.6) is 5.75 Å². The Kier molecular flexibility index (Phi) is 9.35. The Morgan fingerprint density at radius 2 is 1.59 bits per heavy atom. The number of nitrogens with one attached hydrogen (secondary N) is 2. The quantitative estimate of drug-likeness (QED) is 0.147. The van der Waals surface area contributed by atoms with Gasteiger partial charge < -0.3 is 29.9 Å². The number of esters is 1. The number of fused-ring (bicyclic) bond motifs is 1. The molecule has 15 heteroatoms. The van der Waals surface area contributed by atoms with Crippen molar-refractivity contribution in [2.24, 2.45) is 0 Å². The molecule has 0 saturated carbocycles. The predicted molar refractivity (Wildman–Crippen MR) is 174 cm³/mol. The van der Waals surface area contributed by atoms with E-state index in [0.717, 1.165) is 67.3 Å². The van der Waals surface area contributed by atoms with E-state index in [1.807, 2.05) is 24.3 Å². The first-order valence-corrected chi connectivity index (χ1v) is 15.2. The molecule has 2 N–H and O–H groups in total. The minimum absolute atomic E-state index is 0.135. The molecule has 0 aliphatic carbocycles. The zero-order chi connectivity index (χ0) is 34.7. The molecule has 3 heterocycles. The third kappa shape index (κ3) is 7.73. The second-order valence-electron chi connectivity index (χ2n) is 11.4. The molecule has 2 aromatic heterocycles. The van der Waals surface area contributed by atoms with E-state index in [1.165, 1.54) is 12.1 Å². The maximum atomic E-state index is 13.4. The number of alkyl halides is 3. The molecule has 1 amide bonds. The summed E-state index contributed by atoms with van der Waals surface area (Å²) in [5.41, 5.74) is 3.97. The van der Waals surface area contributed by atoms with Gasteiger partial charge in [0.15, 0.2) is 5.65 Å². The molecule has 1 unspecified atom stereocenters. The van der Waals surface area contributed by atoms with Crippen molar-refractivity contribution in [3.05, 3.63) is 96.4 Å². The Morgan fingerprint density at radius 3 is 2.27 bits per heavy atom. The number of piperazine rings is 1. The molecule has 11 nitrogen and oxygen atoms in total. The zero-order valence-electron chi connectivity index (χ0n) is 26.4. The summed E-state index contributed by atoms with van der Waals surface area (Å²) < 4.78 is 63.9. The van der Waals surface area contributed by atoms with E-state index < -0.39 is 30.0 Å². The van der Waals surface area contributed by atoms with Crippen LogP contribution in [0.2, 0.25) is 0 Å². The average molecular weight is 678 g/mol. The minimum Gasteiger partial charge on any atom is -0.494 e. The molecule has 254 valence electrons. The van der Waals surface area contributed by atoms with Crippen LogP contribution in [0.4, 0.5) is 40.6 Å². The van der Waals surface area contributed by atoms with Crippen LogP contribution in [0.1, 0.15) is 11.7 Å². The van der Waals surface area contributed by atoms with Gasteiger partial charge in [-0.1, -0.05) is 24.3 Å². The second kappa shape index (κ2) is 13.8. The third-order valence-electron chi connectivity index (χ3n) is 7.98. The summed E-state index contributed by atoms with van der Waals surface area (Å²) in [4.78, 5) is 33.7. The molecule has 0 radical (unpaired) electrons. The molecule has 1 aliphatic rings. The van der Waals surface area contributed by atoms with E-state index in [4.69, 9.17) is 4.74 Å². The molecule has 5 aromatic rings. The molecule has 49 heavy (non-hydrogen) atoms. The molecule has 1 aliphatic heterocycles. The van der Waals surface area contributed by atoms with E-state index in [1.54, 1.807) is 36.0 Å². The monoisotopic (exact) mass is 677 g/mol. The predicted octanol–water partition coefficient (Wildman–Crippen LogP) is 5.82. The topological polar surface area (TPSA) is 113 Å². The number of likely N-dealkylation sites (N-methyl/N-ethyl adjacent to an activating group) is 1. The van der Waals surface area contributed by atoms with Crippen molar-refractivity contribution in [2.75, 3.05) is 55.9 Å². The summed E-state index contributed by atoms with van der Waals surface area (Å²) in [5, 5.41) is 10.2. The summed E-state index contributed by atoms with van der Waals surface area (Å²) in [6.07, 6.45) is -5.52. The summed E-state index contributed by atoms with van der Waals surface area (Å²) >= 11 is 0. The maximum absolute atomic E-state index is 13.4. The number of anilines is 4. The highest BCUT2D eigenvalue weighted by molar-refractivity contribution is 5.96. The Bertz CT molecular complexity index is 1960. The van der Waals surface area contributed by atoms with Gasteiger partial charge in [0.2, 0.25) is 12.1 Å². The molecule has 3 aromatic carbocycles. The Labute approximate surface area is 278 Å². The number of hydrogen-bond donors (Lipinski definition) is 2. The molecule has 0 spiro atoms. The standard InChI is InChI=1S/C34H31F4N7O4/c1-43-15-17-44(18-16-43)26-12-13-27(28(19-26)48-2)40-33-41-29-14-7-23(20-45(29)42-33)21-5-10-25(11-6-21)39-31(46)30(49-32(47)34(36,37)38)22-3-8-24(35)9-4-22/h3-14,19-20,30H,15-18H2,1-2H3,(H,39,46)(H,40,42). The van der Waals surface area contributed by atoms with Gasteiger partial charge in [0.05, 0.1) is 12.8 Å². The number of nitrogens with zero attached hydrogens (tertiary/aromatic N) is 5. The van der Waals surface area contributed by atoms with Crippen molar-refractivity contribution in [1.29, 1.82) is 0 Å². The lowest BCUT2D eigenvalue weighted by molar-refractivity contribution is -0.205. The van der Waals surface area contributed by atoms with Crippen molar-refractivity contribution >= 4 is 40.5 Å². The molecule has 1 saturated heterocycles. The van der Waals surface area contributed by atoms with Gasteiger partial charge in [-0.25, -0.2) is 13.7 Å². The third-order valence-corrected chi connectivity index (χ3v) is 7.98. The highest BCUT2D eigenvalue weighted by Gasteiger charge is 2.43. The maximum Gasteiger partial charge on any atom is 0.490 e. The SMILES string of the molecule is COc1cc(N2CCN(C)CC2)ccc1Nc1nc2ccc(-c3ccc(NC(=O)C(OC(=O)C(F)(F)F)c4ccc(F)cc4)cc3)cn2n1. The highest BCUT2D eigenvalue weighted by Crippen LogP contribution is 2.32. The van der Waals surface area contributed by atoms with E-state index in [0.29, 0.717) is 23.0 Å². The summed E-state index contributed by atoms with van der Waals surface area (Å²) in [5.74, 6) is -3.25. The zero-order valence-corrected chi connectivity index (χ0v) is 26.4. The number of carbonyl (C=O) groups is 2. The van der Waals surface area contributed by atoms with Gasteiger partial charge in [-0.3, -0.25) is 4.79 Å². The van der Waals surface area contributed by atoms with Crippen LogP contribution in [0, 0.1) is 5.82 Å². The van der Waals surface area contributed by atoms with Crippen LogP contribution in [0.15, 0.2) is 85.1 Å². The van der Waals surface area contributed by atoms with E-state index >= 15 is 0 Å². The van der Waals surface area contributed by atoms with E-state index in [9.17, 15) is 27.2 Å². The average Bonchev–Trinajstić information content (AvgIpc) is 3.49. The molecule has 6 rings (SSSR count). The number of rotatable bonds is 9. The largest absolute Gasteiger partial charge is 0.494 e. The molecule has 0 bridgehead atoms. The summed E-state index contributed by atoms with van der Waals surface area (Å²) in [6.45, 7) is 3.84. The second-order valence-corrected chi connectivity index (χ2v) is 11.4. The number of ether oxygens (including phenoxy) is 2. The fraction of sp³-hybridized carbons (Fsp3) is 0.235. The van der Waals surface area contributed by atoms with Crippen LogP contribution in [-0.4, -0.2) is 77.9 Å². The Hall–Kier alpha value is -5.70. The fourth-order valence-corrected chi connectivity index (χ4v) is 5.31. The summed E-state index contributed by atoms with van der Waals surface area (Å²) in [6, 6.07) is 20.1. The number of halogens is 4. The van der Waals surface area contributed by atoms with Gasteiger partial charge in [-0.05, 0) is 61.1 Å². The molecule has 1 atom stereocenters. The normalized spacial score (nSPS) is 14.4. The van der Waals surface area contributed by atoms with Gasteiger partial charge in [-0.15, -0.1) is 5.10 Å². The van der Waals surface area contributed by atoms with Gasteiger partial charge >= 0.3 is 12.1 Å². The van der Waals surface area contributed by atoms with Gasteiger partial charge in [0, 0.05) is 60.9 Å². The molecular formula is C34H31F4N7O4. The van der Waals surface area contributed by atoms with Crippen LogP contribution < -0.4 is 20.3 Å². The number of hydrogen-bond acceptors (Lipinski definition) is 9. The van der Waals surface area contributed by atoms with Gasteiger partial charge in [0.25, 0.3) is 5.91 Å². The number of aromatic nitrogens is 3. The smallest absolute Gasteiger partial charge is 0.490 e. The van der Waals surface area contributed by atoms with Crippen LogP contribution >= 0.6 is 0 Å². The van der Waals surface area contributed by atoms with Crippen molar-refractivity contribution in [3.63, 3.8) is 0 Å². The first-order valence-electron chi connectivity index (χ1n) is 15.2. The first kappa shape index (κ1) is 33.2. The van der Waals surface area contributed by atoms with Gasteiger partial charge in [0.1, 0.15) is 11.6 Å². The lowest BCUT2D eigenvalue weighted by Gasteiger charge is -2.34. The van der Waals surface area contributed by atoms with Crippen molar-refractivity contribution < 1.29 is 36.6 Å². The fourth-order valence-electron chi connectivity index (χ4n) is 5.31. The lowest BCUT2D eigenvalue weighted by Crippen LogP contribution is -2.44. The minimum atomic E-state index is -5.33. The Balaban J connectivity index is 1.15. The molecule has 1 fully saturated rings. The highest BCUT2D eigenvalue weighted by atomic mass is 19.4. The lowest BCUT2D eigenvalue weighted by atomic mass is 10.1. The van der Waals surface area contributed by atoms with Crippen molar-refractivity contribution in [1.82, 2.24) is 19.5 Å². The van der Waals surface area contributed by atoms with Crippen LogP contribution in [0.3, 0.4) is 0 Å². The Morgan fingerprint density at radius 1 is 0.898 bits per heavy atom. The van der Waals surface area contributed by atoms with E-state index in [2.05, 4.69) is 42.3 Å². The number of pyridine rings is 1. The van der Waals surface area contributed by atoms with Crippen molar-refractivity contribution in [3.8, 4) is 16.9 Å². The van der Waals surface area contributed by atoms with Gasteiger partial charge in [-0.2, -0.15) is 18.2 Å².